The van der Waals surface area contributed by atoms with E-state index >= 15 is 0 Å². The summed E-state index contributed by atoms with van der Waals surface area (Å²) in [5.74, 6) is 0.0686. The van der Waals surface area contributed by atoms with Crippen LogP contribution >= 0.6 is 0 Å². The fourth-order valence-electron chi connectivity index (χ4n) is 2.90. The van der Waals surface area contributed by atoms with E-state index in [2.05, 4.69) is 38.0 Å². The number of carbonyl (C=O) groups excluding carboxylic acids is 1. The smallest absolute Gasteiger partial charge is 0.272 e. The highest BCUT2D eigenvalue weighted by molar-refractivity contribution is 5.93. The van der Waals surface area contributed by atoms with Gasteiger partial charge in [-0.15, -0.1) is 0 Å². The first-order valence-electron chi connectivity index (χ1n) is 7.96. The maximum absolute atomic E-state index is 12.7. The summed E-state index contributed by atoms with van der Waals surface area (Å²) >= 11 is 0. The van der Waals surface area contributed by atoms with Crippen molar-refractivity contribution in [1.29, 1.82) is 0 Å². The molecule has 1 N–H and O–H groups in total. The molecule has 0 saturated carbocycles. The number of likely N-dealkylation sites (tertiary alicyclic amines) is 1. The molecule has 1 aromatic rings. The molecule has 0 radical (unpaired) electrons. The molecule has 0 aliphatic carbocycles. The lowest BCUT2D eigenvalue weighted by atomic mass is 9.99. The summed E-state index contributed by atoms with van der Waals surface area (Å²) in [5, 5.41) is 3.39. The third-order valence-corrected chi connectivity index (χ3v) is 3.86. The summed E-state index contributed by atoms with van der Waals surface area (Å²) < 4.78 is 0. The van der Waals surface area contributed by atoms with E-state index in [-0.39, 0.29) is 11.4 Å². The van der Waals surface area contributed by atoms with Gasteiger partial charge in [-0.25, -0.2) is 0 Å². The first kappa shape index (κ1) is 15.8. The molecule has 1 amide bonds. The van der Waals surface area contributed by atoms with E-state index in [1.54, 1.807) is 6.20 Å². The van der Waals surface area contributed by atoms with Crippen molar-refractivity contribution in [3.8, 4) is 0 Å². The number of anilines is 1. The number of pyridine rings is 1. The van der Waals surface area contributed by atoms with E-state index in [1.807, 2.05) is 17.0 Å². The van der Waals surface area contributed by atoms with Crippen molar-refractivity contribution in [3.63, 3.8) is 0 Å². The van der Waals surface area contributed by atoms with Gasteiger partial charge in [0, 0.05) is 30.0 Å². The Morgan fingerprint density at radius 2 is 2.19 bits per heavy atom. The number of hydrogen-bond donors (Lipinski definition) is 1. The van der Waals surface area contributed by atoms with Gasteiger partial charge in [0.05, 0.1) is 0 Å². The molecule has 0 aromatic carbocycles. The predicted molar refractivity (Wildman–Crippen MR) is 86.6 cm³/mol. The van der Waals surface area contributed by atoms with E-state index in [4.69, 9.17) is 0 Å². The second-order valence-electron chi connectivity index (χ2n) is 6.86. The Bertz CT molecular complexity index is 493. The summed E-state index contributed by atoms with van der Waals surface area (Å²) in [6, 6.07) is 4.15. The first-order valence-corrected chi connectivity index (χ1v) is 7.96. The fourth-order valence-corrected chi connectivity index (χ4v) is 2.90. The van der Waals surface area contributed by atoms with Gasteiger partial charge in [0.1, 0.15) is 5.69 Å². The molecule has 4 heteroatoms. The molecule has 1 aliphatic rings. The zero-order valence-electron chi connectivity index (χ0n) is 13.6. The van der Waals surface area contributed by atoms with Crippen molar-refractivity contribution in [2.75, 3.05) is 11.9 Å². The van der Waals surface area contributed by atoms with Gasteiger partial charge in [-0.2, -0.15) is 0 Å². The van der Waals surface area contributed by atoms with Gasteiger partial charge >= 0.3 is 0 Å². The molecule has 116 valence electrons. The van der Waals surface area contributed by atoms with Crippen LogP contribution in [0.3, 0.4) is 0 Å². The lowest BCUT2D eigenvalue weighted by molar-refractivity contribution is 0.0602. The van der Waals surface area contributed by atoms with Crippen molar-refractivity contribution in [2.45, 2.75) is 65.0 Å². The van der Waals surface area contributed by atoms with Gasteiger partial charge in [-0.1, -0.05) is 6.92 Å². The number of amides is 1. The minimum Gasteiger partial charge on any atom is -0.380 e. The molecule has 2 heterocycles. The zero-order valence-corrected chi connectivity index (χ0v) is 13.6. The number of aromatic nitrogens is 1. The molecule has 1 aliphatic heterocycles. The normalized spacial score (nSPS) is 19.4. The van der Waals surface area contributed by atoms with Gasteiger partial charge in [0.25, 0.3) is 5.91 Å². The maximum Gasteiger partial charge on any atom is 0.272 e. The van der Waals surface area contributed by atoms with Crippen LogP contribution in [0.25, 0.3) is 0 Å². The molecule has 1 atom stereocenters. The first-order chi connectivity index (χ1) is 9.90. The van der Waals surface area contributed by atoms with E-state index < -0.39 is 0 Å². The third-order valence-electron chi connectivity index (χ3n) is 3.86. The van der Waals surface area contributed by atoms with Crippen molar-refractivity contribution < 1.29 is 4.79 Å². The average Bonchev–Trinajstić information content (AvgIpc) is 2.45. The topological polar surface area (TPSA) is 45.2 Å². The van der Waals surface area contributed by atoms with E-state index in [0.29, 0.717) is 11.7 Å². The number of hydrogen-bond acceptors (Lipinski definition) is 3. The molecule has 1 unspecified atom stereocenters. The second-order valence-corrected chi connectivity index (χ2v) is 6.86. The molecule has 1 aromatic heterocycles. The Hall–Kier alpha value is -1.58. The Morgan fingerprint density at radius 3 is 2.86 bits per heavy atom. The SMILES string of the molecule is CCC1CCCCN1C(=O)c1cc(NC(C)(C)C)ccn1. The van der Waals surface area contributed by atoms with Crippen molar-refractivity contribution >= 4 is 11.6 Å². The van der Waals surface area contributed by atoms with Crippen LogP contribution in [0.15, 0.2) is 18.3 Å². The molecular formula is C17H27N3O. The van der Waals surface area contributed by atoms with Crippen LogP contribution in [0.5, 0.6) is 0 Å². The average molecular weight is 289 g/mol. The second kappa shape index (κ2) is 6.46. The highest BCUT2D eigenvalue weighted by Crippen LogP contribution is 2.22. The molecule has 4 nitrogen and oxygen atoms in total. The van der Waals surface area contributed by atoms with Crippen molar-refractivity contribution in [3.05, 3.63) is 24.0 Å². The van der Waals surface area contributed by atoms with Crippen LogP contribution < -0.4 is 5.32 Å². The van der Waals surface area contributed by atoms with E-state index in [1.165, 1.54) is 6.42 Å². The molecule has 1 fully saturated rings. The highest BCUT2D eigenvalue weighted by Gasteiger charge is 2.27. The van der Waals surface area contributed by atoms with Gasteiger partial charge in [-0.3, -0.25) is 9.78 Å². The third kappa shape index (κ3) is 4.19. The summed E-state index contributed by atoms with van der Waals surface area (Å²) in [5.41, 5.74) is 1.47. The van der Waals surface area contributed by atoms with Gasteiger partial charge < -0.3 is 10.2 Å². The molecule has 1 saturated heterocycles. The van der Waals surface area contributed by atoms with E-state index in [9.17, 15) is 4.79 Å². The minimum atomic E-state index is -0.0290. The lowest BCUT2D eigenvalue weighted by Gasteiger charge is -2.35. The quantitative estimate of drug-likeness (QED) is 0.923. The summed E-state index contributed by atoms with van der Waals surface area (Å²) in [4.78, 5) is 19.0. The van der Waals surface area contributed by atoms with E-state index in [0.717, 1.165) is 31.5 Å². The monoisotopic (exact) mass is 289 g/mol. The number of piperidine rings is 1. The molecule has 0 bridgehead atoms. The Morgan fingerprint density at radius 1 is 1.43 bits per heavy atom. The van der Waals surface area contributed by atoms with Crippen molar-refractivity contribution in [1.82, 2.24) is 9.88 Å². The van der Waals surface area contributed by atoms with Gasteiger partial charge in [0.15, 0.2) is 0 Å². The summed E-state index contributed by atoms with van der Waals surface area (Å²) in [6.07, 6.45) is 6.17. The largest absolute Gasteiger partial charge is 0.380 e. The maximum atomic E-state index is 12.7. The van der Waals surface area contributed by atoms with Crippen LogP contribution in [0.4, 0.5) is 5.69 Å². The Labute approximate surface area is 127 Å². The number of nitrogens with one attached hydrogen (secondary N) is 1. The zero-order chi connectivity index (χ0) is 15.5. The highest BCUT2D eigenvalue weighted by atomic mass is 16.2. The van der Waals surface area contributed by atoms with Crippen molar-refractivity contribution in [2.24, 2.45) is 0 Å². The fraction of sp³-hybridized carbons (Fsp3) is 0.647. The van der Waals surface area contributed by atoms with Crippen LogP contribution in [-0.4, -0.2) is 33.9 Å². The van der Waals surface area contributed by atoms with Crippen LogP contribution in [0.1, 0.15) is 63.9 Å². The standard InChI is InChI=1S/C17H27N3O/c1-5-14-8-6-7-11-20(14)16(21)15-12-13(9-10-18-15)19-17(2,3)4/h9-10,12,14H,5-8,11H2,1-4H3,(H,18,19). The summed E-state index contributed by atoms with van der Waals surface area (Å²) in [7, 11) is 0. The predicted octanol–water partition coefficient (Wildman–Crippen LogP) is 3.70. The minimum absolute atomic E-state index is 0.0290. The van der Waals surface area contributed by atoms with Gasteiger partial charge in [0.2, 0.25) is 0 Å². The molecule has 21 heavy (non-hydrogen) atoms. The number of nitrogens with zero attached hydrogens (tertiary/aromatic N) is 2. The van der Waals surface area contributed by atoms with Crippen LogP contribution in [-0.2, 0) is 0 Å². The Balaban J connectivity index is 2.17. The van der Waals surface area contributed by atoms with Crippen LogP contribution in [0.2, 0.25) is 0 Å². The summed E-state index contributed by atoms with van der Waals surface area (Å²) in [6.45, 7) is 9.32. The number of rotatable bonds is 3. The van der Waals surface area contributed by atoms with Gasteiger partial charge in [-0.05, 0) is 58.6 Å². The molecule has 0 spiro atoms. The van der Waals surface area contributed by atoms with Crippen LogP contribution in [0, 0.1) is 0 Å². The molecule has 2 rings (SSSR count). The lowest BCUT2D eigenvalue weighted by Crippen LogP contribution is -2.43. The molecular weight excluding hydrogens is 262 g/mol. The Kier molecular flexibility index (Phi) is 4.86. The number of carbonyl (C=O) groups is 1.